The number of nitrogens with two attached hydrogens (primary N) is 1. The molecule has 0 aromatic rings. The zero-order valence-corrected chi connectivity index (χ0v) is 8.25. The van der Waals surface area contributed by atoms with Gasteiger partial charge in [-0.05, 0) is 31.1 Å². The second kappa shape index (κ2) is 4.83. The zero-order valence-electron chi connectivity index (χ0n) is 8.25. The Morgan fingerprint density at radius 2 is 2.25 bits per heavy atom. The molecule has 0 aromatic carbocycles. The first kappa shape index (κ1) is 10.0. The van der Waals surface area contributed by atoms with Gasteiger partial charge in [-0.3, -0.25) is 0 Å². The fraction of sp³-hybridized carbons (Fsp3) is 1.00. The Morgan fingerprint density at radius 3 is 2.75 bits per heavy atom. The summed E-state index contributed by atoms with van der Waals surface area (Å²) in [6, 6.07) is 0.455. The van der Waals surface area contributed by atoms with Crippen molar-refractivity contribution in [3.63, 3.8) is 0 Å². The molecular weight excluding hydrogens is 150 g/mol. The van der Waals surface area contributed by atoms with E-state index in [0.717, 1.165) is 24.9 Å². The zero-order chi connectivity index (χ0) is 8.97. The molecule has 0 heterocycles. The maximum atomic E-state index is 6.01. The summed E-state index contributed by atoms with van der Waals surface area (Å²) < 4.78 is 5.07. The van der Waals surface area contributed by atoms with Crippen molar-refractivity contribution in [1.29, 1.82) is 0 Å². The van der Waals surface area contributed by atoms with Crippen molar-refractivity contribution in [3.05, 3.63) is 0 Å². The molecule has 1 aliphatic carbocycles. The lowest BCUT2D eigenvalue weighted by Crippen LogP contribution is -2.29. The third-order valence-corrected chi connectivity index (χ3v) is 3.13. The molecule has 0 spiro atoms. The van der Waals surface area contributed by atoms with Gasteiger partial charge in [-0.1, -0.05) is 13.3 Å². The van der Waals surface area contributed by atoms with E-state index in [1.165, 1.54) is 19.3 Å². The van der Waals surface area contributed by atoms with Gasteiger partial charge in [0.25, 0.3) is 0 Å². The molecule has 0 bridgehead atoms. The molecule has 3 unspecified atom stereocenters. The van der Waals surface area contributed by atoms with E-state index in [9.17, 15) is 0 Å². The molecule has 0 radical (unpaired) electrons. The van der Waals surface area contributed by atoms with Gasteiger partial charge in [0.2, 0.25) is 0 Å². The van der Waals surface area contributed by atoms with Crippen LogP contribution in [0.3, 0.4) is 0 Å². The summed E-state index contributed by atoms with van der Waals surface area (Å²) in [4.78, 5) is 0. The van der Waals surface area contributed by atoms with Crippen LogP contribution in [-0.2, 0) is 4.74 Å². The highest BCUT2D eigenvalue weighted by Crippen LogP contribution is 2.31. The minimum Gasteiger partial charge on any atom is -0.385 e. The van der Waals surface area contributed by atoms with E-state index in [-0.39, 0.29) is 0 Å². The van der Waals surface area contributed by atoms with Crippen molar-refractivity contribution in [1.82, 2.24) is 0 Å². The van der Waals surface area contributed by atoms with Crippen LogP contribution in [0.4, 0.5) is 0 Å². The van der Waals surface area contributed by atoms with E-state index in [0.29, 0.717) is 6.04 Å². The van der Waals surface area contributed by atoms with Crippen molar-refractivity contribution in [3.8, 4) is 0 Å². The first-order valence-electron chi connectivity index (χ1n) is 5.00. The summed E-state index contributed by atoms with van der Waals surface area (Å²) in [7, 11) is 1.77. The lowest BCUT2D eigenvalue weighted by atomic mass is 9.88. The Hall–Kier alpha value is -0.0800. The Bertz CT molecular complexity index is 127. The molecule has 0 aliphatic heterocycles. The number of hydrogen-bond acceptors (Lipinski definition) is 2. The highest BCUT2D eigenvalue weighted by molar-refractivity contribution is 4.83. The van der Waals surface area contributed by atoms with E-state index >= 15 is 0 Å². The average molecular weight is 171 g/mol. The molecule has 1 fully saturated rings. The lowest BCUT2D eigenvalue weighted by Gasteiger charge is -2.22. The van der Waals surface area contributed by atoms with E-state index in [1.54, 1.807) is 7.11 Å². The molecule has 72 valence electrons. The smallest absolute Gasteiger partial charge is 0.0464 e. The Morgan fingerprint density at radius 1 is 1.50 bits per heavy atom. The van der Waals surface area contributed by atoms with Crippen LogP contribution < -0.4 is 5.73 Å². The number of ether oxygens (including phenoxy) is 1. The van der Waals surface area contributed by atoms with Crippen LogP contribution in [0, 0.1) is 11.8 Å². The number of methoxy groups -OCH3 is 1. The van der Waals surface area contributed by atoms with Crippen molar-refractivity contribution in [2.24, 2.45) is 17.6 Å². The third kappa shape index (κ3) is 2.46. The SMILES string of the molecule is COCCC(C)C1CCCC1N. The monoisotopic (exact) mass is 171 g/mol. The van der Waals surface area contributed by atoms with Crippen molar-refractivity contribution >= 4 is 0 Å². The predicted octanol–water partition coefficient (Wildman–Crippen LogP) is 1.79. The van der Waals surface area contributed by atoms with Gasteiger partial charge in [-0.15, -0.1) is 0 Å². The minimum absolute atomic E-state index is 0.455. The van der Waals surface area contributed by atoms with E-state index < -0.39 is 0 Å². The highest BCUT2D eigenvalue weighted by Gasteiger charge is 2.28. The molecular formula is C10H21NO. The average Bonchev–Trinajstić information content (AvgIpc) is 2.47. The van der Waals surface area contributed by atoms with Crippen LogP contribution in [-0.4, -0.2) is 19.8 Å². The fourth-order valence-corrected chi connectivity index (χ4v) is 2.24. The highest BCUT2D eigenvalue weighted by atomic mass is 16.5. The van der Waals surface area contributed by atoms with Gasteiger partial charge in [0, 0.05) is 19.8 Å². The summed E-state index contributed by atoms with van der Waals surface area (Å²) in [5, 5.41) is 0. The number of rotatable bonds is 4. The second-order valence-corrected chi connectivity index (χ2v) is 4.02. The minimum atomic E-state index is 0.455. The Labute approximate surface area is 75.5 Å². The molecule has 1 rings (SSSR count). The summed E-state index contributed by atoms with van der Waals surface area (Å²) in [6.07, 6.45) is 5.03. The Kier molecular flexibility index (Phi) is 4.02. The maximum Gasteiger partial charge on any atom is 0.0464 e. The van der Waals surface area contributed by atoms with E-state index in [2.05, 4.69) is 6.92 Å². The molecule has 0 saturated heterocycles. The molecule has 1 saturated carbocycles. The largest absolute Gasteiger partial charge is 0.385 e. The van der Waals surface area contributed by atoms with Gasteiger partial charge in [-0.2, -0.15) is 0 Å². The summed E-state index contributed by atoms with van der Waals surface area (Å²) in [5.41, 5.74) is 6.01. The van der Waals surface area contributed by atoms with Gasteiger partial charge in [-0.25, -0.2) is 0 Å². The molecule has 2 nitrogen and oxygen atoms in total. The van der Waals surface area contributed by atoms with Crippen LogP contribution >= 0.6 is 0 Å². The normalized spacial score (nSPS) is 32.2. The maximum absolute atomic E-state index is 6.01. The van der Waals surface area contributed by atoms with Gasteiger partial charge in [0.05, 0.1) is 0 Å². The van der Waals surface area contributed by atoms with Crippen LogP contribution in [0.1, 0.15) is 32.6 Å². The first-order chi connectivity index (χ1) is 5.75. The van der Waals surface area contributed by atoms with Crippen LogP contribution in [0.5, 0.6) is 0 Å². The second-order valence-electron chi connectivity index (χ2n) is 4.02. The van der Waals surface area contributed by atoms with E-state index in [1.807, 2.05) is 0 Å². The van der Waals surface area contributed by atoms with Gasteiger partial charge in [0.15, 0.2) is 0 Å². The molecule has 2 N–H and O–H groups in total. The Balaban J connectivity index is 2.25. The van der Waals surface area contributed by atoms with Crippen LogP contribution in [0.25, 0.3) is 0 Å². The standard InChI is InChI=1S/C10H21NO/c1-8(6-7-12-2)9-4-3-5-10(9)11/h8-10H,3-7,11H2,1-2H3. The van der Waals surface area contributed by atoms with Crippen LogP contribution in [0.15, 0.2) is 0 Å². The summed E-state index contributed by atoms with van der Waals surface area (Å²) in [6.45, 7) is 3.18. The summed E-state index contributed by atoms with van der Waals surface area (Å²) in [5.74, 6) is 1.49. The first-order valence-corrected chi connectivity index (χ1v) is 5.00. The van der Waals surface area contributed by atoms with Crippen LogP contribution in [0.2, 0.25) is 0 Å². The third-order valence-electron chi connectivity index (χ3n) is 3.13. The molecule has 1 aliphatic rings. The molecule has 12 heavy (non-hydrogen) atoms. The lowest BCUT2D eigenvalue weighted by molar-refractivity contribution is 0.162. The number of hydrogen-bond donors (Lipinski definition) is 1. The molecule has 3 atom stereocenters. The molecule has 0 amide bonds. The van der Waals surface area contributed by atoms with Crippen molar-refractivity contribution in [2.45, 2.75) is 38.6 Å². The molecule has 2 heteroatoms. The van der Waals surface area contributed by atoms with Crippen molar-refractivity contribution in [2.75, 3.05) is 13.7 Å². The fourth-order valence-electron chi connectivity index (χ4n) is 2.24. The van der Waals surface area contributed by atoms with Gasteiger partial charge >= 0.3 is 0 Å². The molecule has 0 aromatic heterocycles. The summed E-state index contributed by atoms with van der Waals surface area (Å²) >= 11 is 0. The quantitative estimate of drug-likeness (QED) is 0.700. The van der Waals surface area contributed by atoms with Gasteiger partial charge in [0.1, 0.15) is 0 Å². The predicted molar refractivity (Wildman–Crippen MR) is 51.0 cm³/mol. The van der Waals surface area contributed by atoms with E-state index in [4.69, 9.17) is 10.5 Å². The van der Waals surface area contributed by atoms with Crippen molar-refractivity contribution < 1.29 is 4.74 Å². The topological polar surface area (TPSA) is 35.2 Å². The van der Waals surface area contributed by atoms with Gasteiger partial charge < -0.3 is 10.5 Å².